The van der Waals surface area contributed by atoms with E-state index in [1.165, 1.54) is 12.1 Å². The fourth-order valence-corrected chi connectivity index (χ4v) is 2.75. The highest BCUT2D eigenvalue weighted by molar-refractivity contribution is 14.1. The topological polar surface area (TPSA) is 49.3 Å². The van der Waals surface area contributed by atoms with Gasteiger partial charge in [0.1, 0.15) is 0 Å². The maximum atomic E-state index is 12.2. The molecule has 20 heavy (non-hydrogen) atoms. The summed E-state index contributed by atoms with van der Waals surface area (Å²) in [5.41, 5.74) is 0.831. The molecule has 2 N–H and O–H groups in total. The van der Waals surface area contributed by atoms with Gasteiger partial charge in [-0.1, -0.05) is 34.8 Å². The molecule has 104 valence electrons. The molecule has 3 nitrogen and oxygen atoms in total. The second kappa shape index (κ2) is 6.39. The summed E-state index contributed by atoms with van der Waals surface area (Å²) < 4.78 is 0.764. The molecule has 0 aliphatic carbocycles. The number of phenols is 1. The smallest absolute Gasteiger partial charge is 0.256 e. The van der Waals surface area contributed by atoms with Gasteiger partial charge in [0.15, 0.2) is 5.75 Å². The molecule has 2 rings (SSSR count). The zero-order valence-electron chi connectivity index (χ0n) is 9.75. The SMILES string of the molecule is O=C(Nc1cc(Cl)c(O)c(Cl)c1)c1cc(Cl)ccc1I. The van der Waals surface area contributed by atoms with Crippen LogP contribution in [0, 0.1) is 3.57 Å². The number of hydrogen-bond acceptors (Lipinski definition) is 2. The molecule has 0 atom stereocenters. The fraction of sp³-hybridized carbons (Fsp3) is 0. The van der Waals surface area contributed by atoms with Crippen LogP contribution in [0.15, 0.2) is 30.3 Å². The second-order valence-electron chi connectivity index (χ2n) is 3.87. The van der Waals surface area contributed by atoms with E-state index in [0.717, 1.165) is 3.57 Å². The van der Waals surface area contributed by atoms with E-state index in [1.807, 2.05) is 22.6 Å². The predicted octanol–water partition coefficient (Wildman–Crippen LogP) is 5.21. The molecule has 7 heteroatoms. The van der Waals surface area contributed by atoms with Gasteiger partial charge in [-0.2, -0.15) is 0 Å². The first kappa shape index (κ1) is 15.7. The summed E-state index contributed by atoms with van der Waals surface area (Å²) in [5, 5.41) is 12.7. The zero-order valence-corrected chi connectivity index (χ0v) is 14.2. The lowest BCUT2D eigenvalue weighted by Crippen LogP contribution is -2.13. The van der Waals surface area contributed by atoms with Gasteiger partial charge in [0, 0.05) is 14.3 Å². The van der Waals surface area contributed by atoms with Crippen molar-refractivity contribution in [2.24, 2.45) is 0 Å². The van der Waals surface area contributed by atoms with E-state index in [-0.39, 0.29) is 21.7 Å². The first-order valence-electron chi connectivity index (χ1n) is 5.33. The molecule has 1 amide bonds. The van der Waals surface area contributed by atoms with Crippen molar-refractivity contribution in [2.75, 3.05) is 5.32 Å². The van der Waals surface area contributed by atoms with Crippen molar-refractivity contribution in [1.82, 2.24) is 0 Å². The van der Waals surface area contributed by atoms with Crippen LogP contribution in [0.5, 0.6) is 5.75 Å². The van der Waals surface area contributed by atoms with E-state index >= 15 is 0 Å². The minimum atomic E-state index is -0.338. The zero-order chi connectivity index (χ0) is 14.9. The van der Waals surface area contributed by atoms with Crippen molar-refractivity contribution in [3.63, 3.8) is 0 Å². The minimum absolute atomic E-state index is 0.0635. The van der Waals surface area contributed by atoms with Gasteiger partial charge in [0.25, 0.3) is 5.91 Å². The lowest BCUT2D eigenvalue weighted by atomic mass is 10.2. The van der Waals surface area contributed by atoms with Gasteiger partial charge in [-0.25, -0.2) is 0 Å². The Labute approximate surface area is 144 Å². The summed E-state index contributed by atoms with van der Waals surface area (Å²) in [4.78, 5) is 12.2. The maximum Gasteiger partial charge on any atom is 0.256 e. The van der Waals surface area contributed by atoms with Gasteiger partial charge in [0.2, 0.25) is 0 Å². The number of nitrogens with one attached hydrogen (secondary N) is 1. The molecular weight excluding hydrogens is 435 g/mol. The summed E-state index contributed by atoms with van der Waals surface area (Å²) in [6, 6.07) is 7.85. The largest absolute Gasteiger partial charge is 0.505 e. The Hall–Kier alpha value is -0.690. The lowest BCUT2D eigenvalue weighted by Gasteiger charge is -2.09. The number of phenolic OH excluding ortho intramolecular Hbond substituents is 1. The number of halogens is 4. The summed E-state index contributed by atoms with van der Waals surface area (Å²) in [7, 11) is 0. The monoisotopic (exact) mass is 441 g/mol. The van der Waals surface area contributed by atoms with Crippen LogP contribution in [0.4, 0.5) is 5.69 Å². The summed E-state index contributed by atoms with van der Waals surface area (Å²) >= 11 is 19.5. The van der Waals surface area contributed by atoms with E-state index in [2.05, 4.69) is 5.32 Å². The van der Waals surface area contributed by atoms with Gasteiger partial charge >= 0.3 is 0 Å². The number of anilines is 1. The molecule has 0 spiro atoms. The first-order valence-corrected chi connectivity index (χ1v) is 7.54. The van der Waals surface area contributed by atoms with E-state index in [0.29, 0.717) is 16.3 Å². The van der Waals surface area contributed by atoms with Crippen LogP contribution in [-0.2, 0) is 0 Å². The van der Waals surface area contributed by atoms with Gasteiger partial charge < -0.3 is 10.4 Å². The van der Waals surface area contributed by atoms with Crippen LogP contribution in [0.3, 0.4) is 0 Å². The van der Waals surface area contributed by atoms with Crippen molar-refractivity contribution >= 4 is 69.0 Å². The Morgan fingerprint density at radius 2 is 1.70 bits per heavy atom. The van der Waals surface area contributed by atoms with E-state index < -0.39 is 0 Å². The standard InChI is InChI=1S/C13H7Cl3INO2/c14-6-1-2-11(17)8(3-6)13(20)18-7-4-9(15)12(19)10(16)5-7/h1-5,19H,(H,18,20). The summed E-state index contributed by atoms with van der Waals surface area (Å²) in [6.07, 6.45) is 0. The Morgan fingerprint density at radius 1 is 1.10 bits per heavy atom. The Kier molecular flexibility index (Phi) is 5.01. The van der Waals surface area contributed by atoms with E-state index in [9.17, 15) is 9.90 Å². The molecule has 2 aromatic carbocycles. The molecule has 0 saturated carbocycles. The molecular formula is C13H7Cl3INO2. The third-order valence-corrected chi connectivity index (χ3v) is 4.20. The fourth-order valence-electron chi connectivity index (χ4n) is 1.51. The van der Waals surface area contributed by atoms with Gasteiger partial charge in [0.05, 0.1) is 15.6 Å². The summed E-state index contributed by atoms with van der Waals surface area (Å²) in [5.74, 6) is -0.557. The minimum Gasteiger partial charge on any atom is -0.505 e. The van der Waals surface area contributed by atoms with Crippen LogP contribution in [0.25, 0.3) is 0 Å². The highest BCUT2D eigenvalue weighted by Crippen LogP contribution is 2.34. The molecule has 0 radical (unpaired) electrons. The van der Waals surface area contributed by atoms with Crippen LogP contribution < -0.4 is 5.32 Å². The van der Waals surface area contributed by atoms with Gasteiger partial charge in [-0.3, -0.25) is 4.79 Å². The molecule has 0 heterocycles. The van der Waals surface area contributed by atoms with Crippen LogP contribution >= 0.6 is 57.4 Å². The summed E-state index contributed by atoms with van der Waals surface area (Å²) in [6.45, 7) is 0. The van der Waals surface area contributed by atoms with Gasteiger partial charge in [-0.05, 0) is 52.9 Å². The Morgan fingerprint density at radius 3 is 2.30 bits per heavy atom. The average Bonchev–Trinajstić information content (AvgIpc) is 2.38. The molecule has 0 saturated heterocycles. The van der Waals surface area contributed by atoms with Crippen LogP contribution in [0.2, 0.25) is 15.1 Å². The number of benzene rings is 2. The number of amides is 1. The number of hydrogen-bond donors (Lipinski definition) is 2. The number of aromatic hydroxyl groups is 1. The lowest BCUT2D eigenvalue weighted by molar-refractivity contribution is 0.102. The molecule has 0 aliphatic rings. The third kappa shape index (κ3) is 3.49. The van der Waals surface area contributed by atoms with Crippen molar-refractivity contribution in [1.29, 1.82) is 0 Å². The average molecular weight is 442 g/mol. The van der Waals surface area contributed by atoms with Gasteiger partial charge in [-0.15, -0.1) is 0 Å². The van der Waals surface area contributed by atoms with Crippen LogP contribution in [0.1, 0.15) is 10.4 Å². The first-order chi connectivity index (χ1) is 9.38. The van der Waals surface area contributed by atoms with Crippen molar-refractivity contribution < 1.29 is 9.90 Å². The third-order valence-electron chi connectivity index (χ3n) is 2.45. The molecule has 0 fully saturated rings. The molecule has 0 aliphatic heterocycles. The Balaban J connectivity index is 2.30. The molecule has 2 aromatic rings. The normalized spacial score (nSPS) is 10.4. The second-order valence-corrected chi connectivity index (χ2v) is 6.28. The Bertz CT molecular complexity index is 668. The van der Waals surface area contributed by atoms with Crippen molar-refractivity contribution in [2.45, 2.75) is 0 Å². The van der Waals surface area contributed by atoms with Crippen molar-refractivity contribution in [3.05, 3.63) is 54.5 Å². The quantitative estimate of drug-likeness (QED) is 0.496. The highest BCUT2D eigenvalue weighted by atomic mass is 127. The highest BCUT2D eigenvalue weighted by Gasteiger charge is 2.13. The number of carbonyl (C=O) groups excluding carboxylic acids is 1. The van der Waals surface area contributed by atoms with Crippen LogP contribution in [-0.4, -0.2) is 11.0 Å². The maximum absolute atomic E-state index is 12.2. The van der Waals surface area contributed by atoms with E-state index in [4.69, 9.17) is 34.8 Å². The molecule has 0 bridgehead atoms. The molecule has 0 aromatic heterocycles. The number of rotatable bonds is 2. The molecule has 0 unspecified atom stereocenters. The number of carbonyl (C=O) groups is 1. The van der Waals surface area contributed by atoms with E-state index in [1.54, 1.807) is 18.2 Å². The van der Waals surface area contributed by atoms with Crippen molar-refractivity contribution in [3.8, 4) is 5.75 Å². The predicted molar refractivity (Wildman–Crippen MR) is 90.2 cm³/mol.